The third kappa shape index (κ3) is 3.07. The van der Waals surface area contributed by atoms with E-state index in [1.807, 2.05) is 12.1 Å². The maximum atomic E-state index is 6.18. The van der Waals surface area contributed by atoms with Gasteiger partial charge in [-0.05, 0) is 60.7 Å². The lowest BCUT2D eigenvalue weighted by Gasteiger charge is -2.33. The number of halogens is 1. The van der Waals surface area contributed by atoms with E-state index < -0.39 is 0 Å². The Labute approximate surface area is 187 Å². The van der Waals surface area contributed by atoms with Crippen molar-refractivity contribution in [2.45, 2.75) is 33.7 Å². The fourth-order valence-electron chi connectivity index (χ4n) is 4.87. The Kier molecular flexibility index (Phi) is 4.86. The number of aryl methyl sites for hydroxylation is 1. The van der Waals surface area contributed by atoms with Gasteiger partial charge in [-0.2, -0.15) is 0 Å². The van der Waals surface area contributed by atoms with Crippen LogP contribution in [0, 0.1) is 13.8 Å². The Bertz CT molecular complexity index is 1280. The van der Waals surface area contributed by atoms with E-state index in [1.165, 1.54) is 44.5 Å². The van der Waals surface area contributed by atoms with Gasteiger partial charge in [-0.25, -0.2) is 9.97 Å². The molecule has 0 saturated carbocycles. The Morgan fingerprint density at radius 3 is 2.42 bits per heavy atom. The smallest absolute Gasteiger partial charge is 0.230 e. The first-order chi connectivity index (χ1) is 15.0. The van der Waals surface area contributed by atoms with E-state index >= 15 is 0 Å². The number of methoxy groups -OCH3 is 1. The highest BCUT2D eigenvalue weighted by molar-refractivity contribution is 6.30. The van der Waals surface area contributed by atoms with Crippen LogP contribution in [0.2, 0.25) is 5.02 Å². The Morgan fingerprint density at radius 2 is 1.77 bits per heavy atom. The van der Waals surface area contributed by atoms with Gasteiger partial charge in [-0.3, -0.25) is 0 Å². The Hall–Kier alpha value is -3.05. The number of aromatic nitrogens is 3. The van der Waals surface area contributed by atoms with Gasteiger partial charge < -0.3 is 14.2 Å². The summed E-state index contributed by atoms with van der Waals surface area (Å²) in [5, 5.41) is 2.03. The number of nitrogens with zero attached hydrogens (tertiary/aromatic N) is 4. The lowest BCUT2D eigenvalue weighted by molar-refractivity contribution is 0.410. The zero-order valence-corrected chi connectivity index (χ0v) is 19.0. The molecule has 5 nitrogen and oxygen atoms in total. The van der Waals surface area contributed by atoms with E-state index in [0.29, 0.717) is 11.7 Å². The first-order valence-corrected chi connectivity index (χ1v) is 11.0. The zero-order chi connectivity index (χ0) is 21.7. The second-order valence-electron chi connectivity index (χ2n) is 7.96. The second kappa shape index (κ2) is 7.57. The summed E-state index contributed by atoms with van der Waals surface area (Å²) in [5.74, 6) is 1.37. The van der Waals surface area contributed by atoms with Crippen LogP contribution in [-0.4, -0.2) is 28.2 Å². The molecule has 0 bridgehead atoms. The molecule has 0 radical (unpaired) electrons. The lowest BCUT2D eigenvalue weighted by Crippen LogP contribution is -2.30. The molecule has 1 aliphatic rings. The topological polar surface area (TPSA) is 43.2 Å². The normalized spacial score (nSPS) is 13.1. The first-order valence-electron chi connectivity index (χ1n) is 10.6. The van der Waals surface area contributed by atoms with Crippen LogP contribution in [0.4, 0.5) is 11.6 Å². The SMILES string of the molecule is CCc1c(C)c2c3c(cc(C)n3CCN2c2ncc(OC)cn2)c1-c1ccc(Cl)cc1. The summed E-state index contributed by atoms with van der Waals surface area (Å²) in [5.41, 5.74) is 8.85. The summed E-state index contributed by atoms with van der Waals surface area (Å²) >= 11 is 6.18. The Balaban J connectivity index is 1.81. The fraction of sp³-hybridized carbons (Fsp3) is 0.280. The third-order valence-electron chi connectivity index (χ3n) is 6.30. The molecule has 6 heteroatoms. The van der Waals surface area contributed by atoms with Gasteiger partial charge in [-0.15, -0.1) is 0 Å². The molecule has 0 saturated heterocycles. The van der Waals surface area contributed by atoms with Crippen molar-refractivity contribution in [2.75, 3.05) is 18.6 Å². The number of ether oxygens (including phenoxy) is 1. The van der Waals surface area contributed by atoms with Crippen molar-refractivity contribution in [1.29, 1.82) is 0 Å². The summed E-state index contributed by atoms with van der Waals surface area (Å²) in [6.07, 6.45) is 4.40. The van der Waals surface area contributed by atoms with Crippen LogP contribution >= 0.6 is 11.6 Å². The van der Waals surface area contributed by atoms with Crippen molar-refractivity contribution in [1.82, 2.24) is 14.5 Å². The average Bonchev–Trinajstić information content (AvgIpc) is 3.13. The van der Waals surface area contributed by atoms with E-state index in [-0.39, 0.29) is 0 Å². The number of hydrogen-bond donors (Lipinski definition) is 0. The number of anilines is 2. The minimum atomic E-state index is 0.661. The average molecular weight is 433 g/mol. The van der Waals surface area contributed by atoms with Gasteiger partial charge in [0.25, 0.3) is 0 Å². The van der Waals surface area contributed by atoms with Crippen LogP contribution in [0.15, 0.2) is 42.7 Å². The molecule has 0 unspecified atom stereocenters. The molecule has 0 amide bonds. The van der Waals surface area contributed by atoms with Crippen LogP contribution in [0.5, 0.6) is 5.75 Å². The third-order valence-corrected chi connectivity index (χ3v) is 6.55. The molecule has 2 aromatic heterocycles. The zero-order valence-electron chi connectivity index (χ0n) is 18.2. The van der Waals surface area contributed by atoms with Crippen LogP contribution in [-0.2, 0) is 13.0 Å². The second-order valence-corrected chi connectivity index (χ2v) is 8.40. The number of rotatable bonds is 4. The molecule has 1 aliphatic heterocycles. The molecule has 4 aromatic rings. The summed E-state index contributed by atoms with van der Waals surface area (Å²) < 4.78 is 7.68. The molecule has 0 atom stereocenters. The molecule has 0 fully saturated rings. The molecule has 0 aliphatic carbocycles. The van der Waals surface area contributed by atoms with E-state index in [4.69, 9.17) is 16.3 Å². The standard InChI is InChI=1S/C25H25ClN4O/c1-5-20-16(3)23-24-21(22(20)17-6-8-18(26)9-7-17)12-15(2)29(24)10-11-30(23)25-27-13-19(31-4)14-28-25/h6-9,12-14H,5,10-11H2,1-4H3. The highest BCUT2D eigenvalue weighted by Gasteiger charge is 2.29. The molecule has 31 heavy (non-hydrogen) atoms. The molecule has 2 aromatic carbocycles. The summed E-state index contributed by atoms with van der Waals surface area (Å²) in [6, 6.07) is 10.5. The molecule has 158 valence electrons. The largest absolute Gasteiger partial charge is 0.494 e. The monoisotopic (exact) mass is 432 g/mol. The highest BCUT2D eigenvalue weighted by Crippen LogP contribution is 2.46. The van der Waals surface area contributed by atoms with Crippen molar-refractivity contribution in [3.8, 4) is 16.9 Å². The maximum Gasteiger partial charge on any atom is 0.230 e. The van der Waals surface area contributed by atoms with Gasteiger partial charge in [0.2, 0.25) is 5.95 Å². The van der Waals surface area contributed by atoms with Crippen molar-refractivity contribution in [3.05, 3.63) is 64.6 Å². The quantitative estimate of drug-likeness (QED) is 0.391. The molecule has 3 heterocycles. The highest BCUT2D eigenvalue weighted by atomic mass is 35.5. The molecular formula is C25H25ClN4O. The summed E-state index contributed by atoms with van der Waals surface area (Å²) in [4.78, 5) is 11.4. The Morgan fingerprint density at radius 1 is 1.06 bits per heavy atom. The maximum absolute atomic E-state index is 6.18. The summed E-state index contributed by atoms with van der Waals surface area (Å²) in [6.45, 7) is 8.36. The van der Waals surface area contributed by atoms with Crippen LogP contribution in [0.25, 0.3) is 22.0 Å². The van der Waals surface area contributed by atoms with Crippen LogP contribution in [0.1, 0.15) is 23.7 Å². The van der Waals surface area contributed by atoms with E-state index in [2.05, 4.69) is 58.4 Å². The van der Waals surface area contributed by atoms with Crippen molar-refractivity contribution in [2.24, 2.45) is 0 Å². The minimum absolute atomic E-state index is 0.661. The minimum Gasteiger partial charge on any atom is -0.494 e. The number of hydrogen-bond acceptors (Lipinski definition) is 4. The van der Waals surface area contributed by atoms with Gasteiger partial charge in [-0.1, -0.05) is 30.7 Å². The molecule has 5 rings (SSSR count). The van der Waals surface area contributed by atoms with Gasteiger partial charge >= 0.3 is 0 Å². The van der Waals surface area contributed by atoms with Gasteiger partial charge in [0.1, 0.15) is 0 Å². The van der Waals surface area contributed by atoms with Gasteiger partial charge in [0.15, 0.2) is 5.75 Å². The van der Waals surface area contributed by atoms with E-state index in [0.717, 1.165) is 24.5 Å². The fourth-order valence-corrected chi connectivity index (χ4v) is 4.99. The van der Waals surface area contributed by atoms with Crippen molar-refractivity contribution < 1.29 is 4.74 Å². The van der Waals surface area contributed by atoms with Gasteiger partial charge in [0, 0.05) is 29.2 Å². The van der Waals surface area contributed by atoms with E-state index in [1.54, 1.807) is 19.5 Å². The van der Waals surface area contributed by atoms with Gasteiger partial charge in [0.05, 0.1) is 30.7 Å². The van der Waals surface area contributed by atoms with Crippen LogP contribution < -0.4 is 9.64 Å². The van der Waals surface area contributed by atoms with Crippen molar-refractivity contribution >= 4 is 34.1 Å². The number of benzene rings is 2. The molecular weight excluding hydrogens is 408 g/mol. The lowest BCUT2D eigenvalue weighted by atomic mass is 9.89. The van der Waals surface area contributed by atoms with Crippen molar-refractivity contribution in [3.63, 3.8) is 0 Å². The van der Waals surface area contributed by atoms with Crippen LogP contribution in [0.3, 0.4) is 0 Å². The molecule has 0 N–H and O–H groups in total. The molecule has 0 spiro atoms. The predicted octanol–water partition coefficient (Wildman–Crippen LogP) is 6.09. The first kappa shape index (κ1) is 19.9. The van der Waals surface area contributed by atoms with E-state index in [9.17, 15) is 0 Å². The summed E-state index contributed by atoms with van der Waals surface area (Å²) in [7, 11) is 1.63. The predicted molar refractivity (Wildman–Crippen MR) is 127 cm³/mol.